The van der Waals surface area contributed by atoms with E-state index in [9.17, 15) is 0 Å². The van der Waals surface area contributed by atoms with E-state index < -0.39 is 0 Å². The zero-order valence-electron chi connectivity index (χ0n) is 9.07. The molecule has 2 unspecified atom stereocenters. The van der Waals surface area contributed by atoms with Crippen LogP contribution in [0.2, 0.25) is 0 Å². The number of ether oxygens (including phenoxy) is 1. The van der Waals surface area contributed by atoms with Gasteiger partial charge in [-0.15, -0.1) is 0 Å². The summed E-state index contributed by atoms with van der Waals surface area (Å²) in [6.45, 7) is 0. The van der Waals surface area contributed by atoms with Gasteiger partial charge in [0.15, 0.2) is 0 Å². The average Bonchev–Trinajstić information content (AvgIpc) is 2.35. The Morgan fingerprint density at radius 2 is 2.19 bits per heavy atom. The Bertz CT molecular complexity index is 450. The van der Waals surface area contributed by atoms with Gasteiger partial charge in [0.1, 0.15) is 11.9 Å². The first-order valence-electron chi connectivity index (χ1n) is 5.84. The van der Waals surface area contributed by atoms with Gasteiger partial charge in [-0.2, -0.15) is 5.26 Å². The van der Waals surface area contributed by atoms with Crippen LogP contribution in [0.1, 0.15) is 31.2 Å². The molecule has 0 amide bonds. The van der Waals surface area contributed by atoms with Gasteiger partial charge in [-0.1, -0.05) is 6.42 Å². The molecule has 0 saturated heterocycles. The van der Waals surface area contributed by atoms with E-state index in [0.29, 0.717) is 17.7 Å². The van der Waals surface area contributed by atoms with Crippen LogP contribution in [0, 0.1) is 11.3 Å². The maximum absolute atomic E-state index is 8.85. The molecule has 0 radical (unpaired) electrons. The Balaban J connectivity index is 1.93. The molecular formula is C13H14N2O. The molecular weight excluding hydrogens is 200 g/mol. The number of rotatable bonds is 0. The predicted molar refractivity (Wildman–Crippen MR) is 61.5 cm³/mol. The van der Waals surface area contributed by atoms with E-state index in [-0.39, 0.29) is 0 Å². The van der Waals surface area contributed by atoms with E-state index in [0.717, 1.165) is 17.9 Å². The van der Waals surface area contributed by atoms with Crippen LogP contribution in [-0.4, -0.2) is 12.1 Å². The fourth-order valence-corrected chi connectivity index (χ4v) is 2.58. The lowest BCUT2D eigenvalue weighted by Crippen LogP contribution is -2.43. The van der Waals surface area contributed by atoms with Crippen molar-refractivity contribution in [3.05, 3.63) is 23.8 Å². The van der Waals surface area contributed by atoms with Gasteiger partial charge in [-0.3, -0.25) is 0 Å². The highest BCUT2D eigenvalue weighted by molar-refractivity contribution is 5.62. The maximum atomic E-state index is 8.85. The monoisotopic (exact) mass is 214 g/mol. The first-order chi connectivity index (χ1) is 7.86. The summed E-state index contributed by atoms with van der Waals surface area (Å²) in [7, 11) is 0. The molecule has 1 heterocycles. The summed E-state index contributed by atoms with van der Waals surface area (Å²) in [5.41, 5.74) is 1.66. The van der Waals surface area contributed by atoms with Crippen LogP contribution in [0.4, 0.5) is 5.69 Å². The Kier molecular flexibility index (Phi) is 2.21. The third kappa shape index (κ3) is 1.51. The third-order valence-corrected chi connectivity index (χ3v) is 3.43. The number of nitrogens with one attached hydrogen (secondary N) is 1. The summed E-state index contributed by atoms with van der Waals surface area (Å²) in [4.78, 5) is 0. The van der Waals surface area contributed by atoms with Crippen molar-refractivity contribution in [2.75, 3.05) is 5.32 Å². The van der Waals surface area contributed by atoms with Crippen LogP contribution >= 0.6 is 0 Å². The Morgan fingerprint density at radius 3 is 3.06 bits per heavy atom. The lowest BCUT2D eigenvalue weighted by Gasteiger charge is -2.38. The minimum atomic E-state index is 0.314. The van der Waals surface area contributed by atoms with Gasteiger partial charge < -0.3 is 10.1 Å². The zero-order valence-corrected chi connectivity index (χ0v) is 9.07. The highest BCUT2D eigenvalue weighted by Gasteiger charge is 2.31. The van der Waals surface area contributed by atoms with Crippen LogP contribution in [0.3, 0.4) is 0 Å². The minimum Gasteiger partial charge on any atom is -0.486 e. The minimum absolute atomic E-state index is 0.314. The van der Waals surface area contributed by atoms with Crippen molar-refractivity contribution in [2.45, 2.75) is 37.8 Å². The molecule has 3 heteroatoms. The number of nitriles is 1. The molecule has 0 aromatic heterocycles. The largest absolute Gasteiger partial charge is 0.486 e. The fraction of sp³-hybridized carbons (Fsp3) is 0.462. The Labute approximate surface area is 95.0 Å². The van der Waals surface area contributed by atoms with Crippen molar-refractivity contribution in [1.29, 1.82) is 5.26 Å². The fourth-order valence-electron chi connectivity index (χ4n) is 2.58. The van der Waals surface area contributed by atoms with Crippen molar-refractivity contribution in [3.8, 4) is 11.8 Å². The highest BCUT2D eigenvalue weighted by atomic mass is 16.5. The molecule has 1 aliphatic carbocycles. The molecule has 2 atom stereocenters. The molecule has 1 aromatic rings. The van der Waals surface area contributed by atoms with Crippen molar-refractivity contribution in [3.63, 3.8) is 0 Å². The van der Waals surface area contributed by atoms with Gasteiger partial charge in [-0.05, 0) is 37.5 Å². The van der Waals surface area contributed by atoms with Crippen LogP contribution < -0.4 is 10.1 Å². The summed E-state index contributed by atoms with van der Waals surface area (Å²) in [6, 6.07) is 8.16. The molecule has 2 aliphatic rings. The van der Waals surface area contributed by atoms with Crippen molar-refractivity contribution < 1.29 is 4.74 Å². The van der Waals surface area contributed by atoms with Crippen molar-refractivity contribution in [1.82, 2.24) is 0 Å². The molecule has 0 spiro atoms. The van der Waals surface area contributed by atoms with E-state index in [2.05, 4.69) is 11.4 Å². The van der Waals surface area contributed by atoms with E-state index in [1.54, 1.807) is 0 Å². The van der Waals surface area contributed by atoms with E-state index in [1.165, 1.54) is 19.3 Å². The second-order valence-corrected chi connectivity index (χ2v) is 4.51. The SMILES string of the molecule is N#Cc1ccc2c(c1)NC1CCCCC1O2. The summed E-state index contributed by atoms with van der Waals surface area (Å²) < 4.78 is 5.96. The number of hydrogen-bond acceptors (Lipinski definition) is 3. The van der Waals surface area contributed by atoms with Crippen LogP contribution in [-0.2, 0) is 0 Å². The highest BCUT2D eigenvalue weighted by Crippen LogP contribution is 2.36. The zero-order chi connectivity index (χ0) is 11.0. The third-order valence-electron chi connectivity index (χ3n) is 3.43. The van der Waals surface area contributed by atoms with Crippen LogP contribution in [0.25, 0.3) is 0 Å². The first-order valence-corrected chi connectivity index (χ1v) is 5.84. The quantitative estimate of drug-likeness (QED) is 0.722. The van der Waals surface area contributed by atoms with Gasteiger partial charge in [-0.25, -0.2) is 0 Å². The molecule has 1 aliphatic heterocycles. The predicted octanol–water partition coefficient (Wildman–Crippen LogP) is 2.67. The van der Waals surface area contributed by atoms with E-state index in [4.69, 9.17) is 10.00 Å². The smallest absolute Gasteiger partial charge is 0.143 e. The van der Waals surface area contributed by atoms with Crippen molar-refractivity contribution >= 4 is 5.69 Å². The summed E-state index contributed by atoms with van der Waals surface area (Å²) in [5, 5.41) is 12.4. The number of anilines is 1. The molecule has 1 fully saturated rings. The standard InChI is InChI=1S/C13H14N2O/c14-8-9-5-6-13-11(7-9)15-10-3-1-2-4-12(10)16-13/h5-7,10,12,15H,1-4H2. The van der Waals surface area contributed by atoms with Gasteiger partial charge in [0.25, 0.3) is 0 Å². The molecule has 1 aromatic carbocycles. The van der Waals surface area contributed by atoms with Gasteiger partial charge in [0.05, 0.1) is 23.4 Å². The summed E-state index contributed by atoms with van der Waals surface area (Å²) in [5.74, 6) is 0.891. The lowest BCUT2D eigenvalue weighted by atomic mass is 9.91. The molecule has 1 N–H and O–H groups in total. The topological polar surface area (TPSA) is 45.0 Å². The van der Waals surface area contributed by atoms with E-state index in [1.807, 2.05) is 18.2 Å². The Hall–Kier alpha value is -1.69. The summed E-state index contributed by atoms with van der Waals surface area (Å²) in [6.07, 6.45) is 5.14. The number of nitrogens with zero attached hydrogens (tertiary/aromatic N) is 1. The molecule has 3 rings (SSSR count). The Morgan fingerprint density at radius 1 is 1.31 bits per heavy atom. The second-order valence-electron chi connectivity index (χ2n) is 4.51. The maximum Gasteiger partial charge on any atom is 0.143 e. The van der Waals surface area contributed by atoms with Gasteiger partial charge in [0.2, 0.25) is 0 Å². The first kappa shape index (κ1) is 9.53. The van der Waals surface area contributed by atoms with Gasteiger partial charge in [0, 0.05) is 0 Å². The normalized spacial score (nSPS) is 26.7. The molecule has 3 nitrogen and oxygen atoms in total. The second kappa shape index (κ2) is 3.71. The van der Waals surface area contributed by atoms with Crippen molar-refractivity contribution in [2.24, 2.45) is 0 Å². The molecule has 16 heavy (non-hydrogen) atoms. The van der Waals surface area contributed by atoms with E-state index >= 15 is 0 Å². The molecule has 82 valence electrons. The lowest BCUT2D eigenvalue weighted by molar-refractivity contribution is 0.131. The van der Waals surface area contributed by atoms with Crippen LogP contribution in [0.5, 0.6) is 5.75 Å². The van der Waals surface area contributed by atoms with Gasteiger partial charge >= 0.3 is 0 Å². The average molecular weight is 214 g/mol. The molecule has 1 saturated carbocycles. The number of benzene rings is 1. The summed E-state index contributed by atoms with van der Waals surface area (Å²) >= 11 is 0. The molecule has 0 bridgehead atoms. The number of hydrogen-bond donors (Lipinski definition) is 1. The number of fused-ring (bicyclic) bond motifs is 2. The van der Waals surface area contributed by atoms with Crippen LogP contribution in [0.15, 0.2) is 18.2 Å².